The largest absolute Gasteiger partial charge is 0.404 e. The van der Waals surface area contributed by atoms with E-state index in [0.717, 1.165) is 25.7 Å². The van der Waals surface area contributed by atoms with Crippen LogP contribution in [0, 0.1) is 11.3 Å². The first kappa shape index (κ1) is 17.1. The van der Waals surface area contributed by atoms with Crippen molar-refractivity contribution in [1.82, 2.24) is 4.90 Å². The fraction of sp³-hybridized carbons (Fsp3) is 1.00. The van der Waals surface area contributed by atoms with Gasteiger partial charge in [-0.2, -0.15) is 13.2 Å². The summed E-state index contributed by atoms with van der Waals surface area (Å²) in [6.45, 7) is 8.53. The van der Waals surface area contributed by atoms with Crippen LogP contribution < -0.4 is 0 Å². The molecular formula is C16H28F3NO. The number of halogens is 3. The average Bonchev–Trinajstić information content (AvgIpc) is 2.26. The second-order valence-electron chi connectivity index (χ2n) is 7.48. The van der Waals surface area contributed by atoms with E-state index in [1.165, 1.54) is 0 Å². The SMILES string of the molecule is CC(C)OC1CC2(CCN(C(C(C)C)C(F)(F)F)CC2)C1. The smallest absolute Gasteiger partial charge is 0.376 e. The zero-order valence-electron chi connectivity index (χ0n) is 13.5. The van der Waals surface area contributed by atoms with E-state index >= 15 is 0 Å². The second kappa shape index (κ2) is 6.07. The molecule has 1 unspecified atom stereocenters. The van der Waals surface area contributed by atoms with E-state index in [1.54, 1.807) is 18.7 Å². The Balaban J connectivity index is 1.86. The molecule has 1 aliphatic carbocycles. The molecule has 0 aromatic heterocycles. The van der Waals surface area contributed by atoms with Crippen molar-refractivity contribution in [3.8, 4) is 0 Å². The molecule has 2 aliphatic rings. The molecule has 0 N–H and O–H groups in total. The molecule has 1 saturated carbocycles. The normalized spacial score (nSPS) is 25.6. The van der Waals surface area contributed by atoms with Gasteiger partial charge in [-0.15, -0.1) is 0 Å². The van der Waals surface area contributed by atoms with Crippen LogP contribution in [0.5, 0.6) is 0 Å². The summed E-state index contributed by atoms with van der Waals surface area (Å²) in [7, 11) is 0. The van der Waals surface area contributed by atoms with E-state index in [-0.39, 0.29) is 11.5 Å². The van der Waals surface area contributed by atoms with E-state index in [1.807, 2.05) is 13.8 Å². The molecule has 1 saturated heterocycles. The van der Waals surface area contributed by atoms with Crippen molar-refractivity contribution >= 4 is 0 Å². The summed E-state index contributed by atoms with van der Waals surface area (Å²) in [5.41, 5.74) is 0.253. The summed E-state index contributed by atoms with van der Waals surface area (Å²) in [6.07, 6.45) is 0.244. The Bertz CT molecular complexity index is 338. The van der Waals surface area contributed by atoms with Crippen molar-refractivity contribution in [1.29, 1.82) is 0 Å². The molecule has 2 rings (SSSR count). The lowest BCUT2D eigenvalue weighted by Gasteiger charge is -2.53. The highest BCUT2D eigenvalue weighted by molar-refractivity contribution is 4.99. The van der Waals surface area contributed by atoms with Gasteiger partial charge in [0.1, 0.15) is 6.04 Å². The van der Waals surface area contributed by atoms with Gasteiger partial charge in [0.25, 0.3) is 0 Å². The minimum absolute atomic E-state index is 0.239. The van der Waals surface area contributed by atoms with E-state index in [4.69, 9.17) is 4.74 Å². The van der Waals surface area contributed by atoms with Gasteiger partial charge in [-0.3, -0.25) is 4.90 Å². The lowest BCUT2D eigenvalue weighted by molar-refractivity contribution is -0.206. The van der Waals surface area contributed by atoms with Gasteiger partial charge in [0.15, 0.2) is 0 Å². The van der Waals surface area contributed by atoms with Crippen molar-refractivity contribution in [2.45, 2.75) is 77.8 Å². The molecule has 124 valence electrons. The maximum Gasteiger partial charge on any atom is 0.404 e. The van der Waals surface area contributed by atoms with Gasteiger partial charge in [0, 0.05) is 0 Å². The monoisotopic (exact) mass is 307 g/mol. The molecule has 0 radical (unpaired) electrons. The van der Waals surface area contributed by atoms with Crippen LogP contribution >= 0.6 is 0 Å². The number of alkyl halides is 3. The predicted octanol–water partition coefficient (Wildman–Crippen LogP) is 4.24. The number of ether oxygens (including phenoxy) is 1. The fourth-order valence-corrected chi connectivity index (χ4v) is 4.08. The molecule has 1 atom stereocenters. The highest BCUT2D eigenvalue weighted by atomic mass is 19.4. The first-order valence-electron chi connectivity index (χ1n) is 8.09. The molecule has 5 heteroatoms. The van der Waals surface area contributed by atoms with Crippen molar-refractivity contribution in [2.75, 3.05) is 13.1 Å². The lowest BCUT2D eigenvalue weighted by Crippen LogP contribution is -2.56. The molecule has 2 fully saturated rings. The highest BCUT2D eigenvalue weighted by Crippen LogP contribution is 2.51. The Labute approximate surface area is 126 Å². The molecule has 0 amide bonds. The Morgan fingerprint density at radius 2 is 1.57 bits per heavy atom. The van der Waals surface area contributed by atoms with Crippen molar-refractivity contribution in [3.63, 3.8) is 0 Å². The van der Waals surface area contributed by atoms with Crippen LogP contribution in [0.1, 0.15) is 53.4 Å². The topological polar surface area (TPSA) is 12.5 Å². The van der Waals surface area contributed by atoms with E-state index in [9.17, 15) is 13.2 Å². The molecule has 0 aromatic rings. The second-order valence-corrected chi connectivity index (χ2v) is 7.48. The van der Waals surface area contributed by atoms with Crippen LogP contribution in [0.2, 0.25) is 0 Å². The number of nitrogens with zero attached hydrogens (tertiary/aromatic N) is 1. The van der Waals surface area contributed by atoms with Gasteiger partial charge < -0.3 is 4.74 Å². The van der Waals surface area contributed by atoms with Crippen molar-refractivity contribution < 1.29 is 17.9 Å². The van der Waals surface area contributed by atoms with E-state index in [0.29, 0.717) is 19.2 Å². The van der Waals surface area contributed by atoms with Gasteiger partial charge in [-0.25, -0.2) is 0 Å². The van der Waals surface area contributed by atoms with Gasteiger partial charge in [0.05, 0.1) is 12.2 Å². The molecule has 1 spiro atoms. The zero-order valence-corrected chi connectivity index (χ0v) is 13.5. The minimum atomic E-state index is -4.12. The van der Waals surface area contributed by atoms with Gasteiger partial charge in [0.2, 0.25) is 0 Å². The highest BCUT2D eigenvalue weighted by Gasteiger charge is 2.51. The molecule has 1 aliphatic heterocycles. The van der Waals surface area contributed by atoms with Crippen LogP contribution in [0.25, 0.3) is 0 Å². The summed E-state index contributed by atoms with van der Waals surface area (Å²) in [5, 5.41) is 0. The third kappa shape index (κ3) is 3.92. The maximum absolute atomic E-state index is 13.2. The van der Waals surface area contributed by atoms with Gasteiger partial charge in [-0.05, 0) is 64.0 Å². The molecule has 0 aromatic carbocycles. The Kier molecular flexibility index (Phi) is 4.94. The van der Waals surface area contributed by atoms with Crippen LogP contribution in [-0.4, -0.2) is 42.4 Å². The van der Waals surface area contributed by atoms with Crippen molar-refractivity contribution in [3.05, 3.63) is 0 Å². The fourth-order valence-electron chi connectivity index (χ4n) is 4.08. The third-order valence-electron chi connectivity index (χ3n) is 5.00. The average molecular weight is 307 g/mol. The zero-order chi connectivity index (χ0) is 15.8. The van der Waals surface area contributed by atoms with Crippen LogP contribution in [0.3, 0.4) is 0 Å². The summed E-state index contributed by atoms with van der Waals surface area (Å²) in [6, 6.07) is -1.29. The Hall–Kier alpha value is -0.290. The van der Waals surface area contributed by atoms with Crippen molar-refractivity contribution in [2.24, 2.45) is 11.3 Å². The number of hydrogen-bond donors (Lipinski definition) is 0. The van der Waals surface area contributed by atoms with E-state index in [2.05, 4.69) is 0 Å². The predicted molar refractivity (Wildman–Crippen MR) is 77.2 cm³/mol. The van der Waals surface area contributed by atoms with E-state index < -0.39 is 18.1 Å². The third-order valence-corrected chi connectivity index (χ3v) is 5.00. The Morgan fingerprint density at radius 1 is 1.05 bits per heavy atom. The maximum atomic E-state index is 13.2. The van der Waals surface area contributed by atoms with Crippen LogP contribution in [0.15, 0.2) is 0 Å². The summed E-state index contributed by atoms with van der Waals surface area (Å²) in [4.78, 5) is 1.65. The van der Waals surface area contributed by atoms with Gasteiger partial charge in [-0.1, -0.05) is 13.8 Å². The molecule has 1 heterocycles. The minimum Gasteiger partial charge on any atom is -0.376 e. The summed E-state index contributed by atoms with van der Waals surface area (Å²) < 4.78 is 45.3. The Morgan fingerprint density at radius 3 is 1.95 bits per heavy atom. The number of piperidine rings is 1. The van der Waals surface area contributed by atoms with Gasteiger partial charge >= 0.3 is 6.18 Å². The molecule has 21 heavy (non-hydrogen) atoms. The first-order chi connectivity index (χ1) is 9.63. The lowest BCUT2D eigenvalue weighted by atomic mass is 9.61. The number of rotatable bonds is 4. The summed E-state index contributed by atoms with van der Waals surface area (Å²) in [5.74, 6) is -0.391. The molecule has 2 nitrogen and oxygen atoms in total. The first-order valence-corrected chi connectivity index (χ1v) is 8.09. The molecular weight excluding hydrogens is 279 g/mol. The van der Waals surface area contributed by atoms with Crippen LogP contribution in [-0.2, 0) is 4.74 Å². The summed E-state index contributed by atoms with van der Waals surface area (Å²) >= 11 is 0. The number of likely N-dealkylation sites (tertiary alicyclic amines) is 1. The standard InChI is InChI=1S/C16H28F3NO/c1-11(2)14(16(17,18)19)20-7-5-15(6-8-20)9-13(10-15)21-12(3)4/h11-14H,5-10H2,1-4H3. The quantitative estimate of drug-likeness (QED) is 0.770. The number of hydrogen-bond acceptors (Lipinski definition) is 2. The molecule has 0 bridgehead atoms. The van der Waals surface area contributed by atoms with Crippen LogP contribution in [0.4, 0.5) is 13.2 Å².